The van der Waals surface area contributed by atoms with Gasteiger partial charge in [0, 0.05) is 25.1 Å². The molecule has 5 heteroatoms. The lowest BCUT2D eigenvalue weighted by molar-refractivity contribution is -0.124. The minimum absolute atomic E-state index is 0.122. The molecule has 0 saturated carbocycles. The van der Waals surface area contributed by atoms with Crippen LogP contribution in [0.25, 0.3) is 0 Å². The average Bonchev–Trinajstić information content (AvgIpc) is 2.61. The van der Waals surface area contributed by atoms with Crippen LogP contribution in [0.4, 0.5) is 5.69 Å². The number of rotatable bonds is 7. The van der Waals surface area contributed by atoms with Crippen LogP contribution in [0.3, 0.4) is 0 Å². The van der Waals surface area contributed by atoms with Crippen molar-refractivity contribution in [3.8, 4) is 6.07 Å². The third-order valence-corrected chi connectivity index (χ3v) is 3.46. The molecule has 24 heavy (non-hydrogen) atoms. The molecule has 0 radical (unpaired) electrons. The monoisotopic (exact) mass is 321 g/mol. The smallest absolute Gasteiger partial charge is 0.224 e. The molecule has 0 atom stereocenters. The summed E-state index contributed by atoms with van der Waals surface area (Å²) in [5, 5.41) is 14.2. The van der Waals surface area contributed by atoms with Crippen molar-refractivity contribution < 1.29 is 9.59 Å². The molecule has 0 heterocycles. The fraction of sp³-hybridized carbons (Fsp3) is 0.211. The van der Waals surface area contributed by atoms with Crippen LogP contribution in [0.1, 0.15) is 24.0 Å². The van der Waals surface area contributed by atoms with Crippen LogP contribution in [0.15, 0.2) is 54.6 Å². The molecule has 0 bridgehead atoms. The molecule has 0 spiro atoms. The molecule has 0 aromatic heterocycles. The molecule has 0 saturated heterocycles. The van der Waals surface area contributed by atoms with E-state index in [1.165, 1.54) is 0 Å². The highest BCUT2D eigenvalue weighted by molar-refractivity contribution is 5.93. The summed E-state index contributed by atoms with van der Waals surface area (Å²) in [5.41, 5.74) is 2.31. The molecule has 2 N–H and O–H groups in total. The number of nitriles is 1. The van der Waals surface area contributed by atoms with Gasteiger partial charge in [-0.05, 0) is 36.2 Å². The van der Waals surface area contributed by atoms with Crippen LogP contribution < -0.4 is 10.6 Å². The Morgan fingerprint density at radius 2 is 1.58 bits per heavy atom. The molecule has 0 fully saturated rings. The van der Waals surface area contributed by atoms with Crippen LogP contribution in [0, 0.1) is 11.3 Å². The second-order valence-electron chi connectivity index (χ2n) is 5.32. The largest absolute Gasteiger partial charge is 0.356 e. The number of carbonyl (C=O) groups is 2. The molecular formula is C19H19N3O2. The quantitative estimate of drug-likeness (QED) is 0.822. The number of benzene rings is 2. The minimum atomic E-state index is -0.224. The van der Waals surface area contributed by atoms with Gasteiger partial charge in [-0.3, -0.25) is 9.59 Å². The van der Waals surface area contributed by atoms with Crippen LogP contribution in [0.2, 0.25) is 0 Å². The van der Waals surface area contributed by atoms with Crippen LogP contribution in [-0.2, 0) is 16.0 Å². The Balaban J connectivity index is 1.65. The third-order valence-electron chi connectivity index (χ3n) is 3.46. The van der Waals surface area contributed by atoms with Crippen molar-refractivity contribution in [3.63, 3.8) is 0 Å². The first-order valence-electron chi connectivity index (χ1n) is 7.78. The van der Waals surface area contributed by atoms with Gasteiger partial charge in [-0.25, -0.2) is 0 Å². The number of nitrogens with zero attached hydrogens (tertiary/aromatic N) is 1. The van der Waals surface area contributed by atoms with E-state index in [1.54, 1.807) is 24.3 Å². The zero-order valence-corrected chi connectivity index (χ0v) is 13.3. The second kappa shape index (κ2) is 9.11. The maximum Gasteiger partial charge on any atom is 0.224 e. The molecule has 2 rings (SSSR count). The van der Waals surface area contributed by atoms with Crippen molar-refractivity contribution in [2.24, 2.45) is 0 Å². The van der Waals surface area contributed by atoms with Gasteiger partial charge in [-0.2, -0.15) is 5.26 Å². The highest BCUT2D eigenvalue weighted by Crippen LogP contribution is 2.09. The highest BCUT2D eigenvalue weighted by atomic mass is 16.2. The Kier molecular flexibility index (Phi) is 6.54. The Hall–Kier alpha value is -3.13. The molecule has 0 aliphatic rings. The van der Waals surface area contributed by atoms with E-state index < -0.39 is 0 Å². The van der Waals surface area contributed by atoms with E-state index in [4.69, 9.17) is 5.26 Å². The van der Waals surface area contributed by atoms with Gasteiger partial charge in [-0.15, -0.1) is 0 Å². The second-order valence-corrected chi connectivity index (χ2v) is 5.32. The zero-order valence-electron chi connectivity index (χ0n) is 13.3. The first-order chi connectivity index (χ1) is 11.7. The molecule has 0 aliphatic heterocycles. The first-order valence-corrected chi connectivity index (χ1v) is 7.78. The lowest BCUT2D eigenvalue weighted by Gasteiger charge is -2.07. The number of carbonyl (C=O) groups excluding carboxylic acids is 2. The lowest BCUT2D eigenvalue weighted by atomic mass is 10.1. The molecular weight excluding hydrogens is 302 g/mol. The maximum absolute atomic E-state index is 11.8. The Morgan fingerprint density at radius 1 is 0.917 bits per heavy atom. The van der Waals surface area contributed by atoms with Gasteiger partial charge in [0.15, 0.2) is 0 Å². The molecule has 0 unspecified atom stereocenters. The van der Waals surface area contributed by atoms with Crippen LogP contribution >= 0.6 is 0 Å². The topological polar surface area (TPSA) is 82.0 Å². The Labute approximate surface area is 141 Å². The third kappa shape index (κ3) is 5.93. The summed E-state index contributed by atoms with van der Waals surface area (Å²) in [6.45, 7) is 0.556. The van der Waals surface area contributed by atoms with Crippen molar-refractivity contribution in [2.45, 2.75) is 19.3 Å². The highest BCUT2D eigenvalue weighted by Gasteiger charge is 2.07. The minimum Gasteiger partial charge on any atom is -0.356 e. The van der Waals surface area contributed by atoms with E-state index in [-0.39, 0.29) is 24.7 Å². The van der Waals surface area contributed by atoms with Crippen molar-refractivity contribution in [3.05, 3.63) is 65.7 Å². The van der Waals surface area contributed by atoms with Crippen LogP contribution in [0.5, 0.6) is 0 Å². The van der Waals surface area contributed by atoms with E-state index in [2.05, 4.69) is 10.6 Å². The summed E-state index contributed by atoms with van der Waals surface area (Å²) in [4.78, 5) is 23.6. The van der Waals surface area contributed by atoms with Gasteiger partial charge in [0.25, 0.3) is 0 Å². The molecule has 122 valence electrons. The summed E-state index contributed by atoms with van der Waals surface area (Å²) in [6, 6.07) is 18.5. The lowest BCUT2D eigenvalue weighted by Crippen LogP contribution is -2.26. The van der Waals surface area contributed by atoms with Gasteiger partial charge >= 0.3 is 0 Å². The number of hydrogen-bond acceptors (Lipinski definition) is 3. The molecule has 2 aromatic carbocycles. The number of nitrogens with one attached hydrogen (secondary N) is 2. The van der Waals surface area contributed by atoms with Crippen molar-refractivity contribution in [1.82, 2.24) is 5.32 Å². The van der Waals surface area contributed by atoms with Crippen LogP contribution in [-0.4, -0.2) is 18.4 Å². The van der Waals surface area contributed by atoms with E-state index >= 15 is 0 Å². The van der Waals surface area contributed by atoms with E-state index in [9.17, 15) is 9.59 Å². The number of hydrogen-bond donors (Lipinski definition) is 2. The van der Waals surface area contributed by atoms with Gasteiger partial charge in [-0.1, -0.05) is 30.3 Å². The predicted molar refractivity (Wildman–Crippen MR) is 92.2 cm³/mol. The van der Waals surface area contributed by atoms with Crippen molar-refractivity contribution >= 4 is 17.5 Å². The Morgan fingerprint density at radius 3 is 2.25 bits per heavy atom. The summed E-state index contributed by atoms with van der Waals surface area (Å²) in [6.07, 6.45) is 1.04. The number of amides is 2. The fourth-order valence-electron chi connectivity index (χ4n) is 2.16. The molecule has 0 aliphatic carbocycles. The first kappa shape index (κ1) is 17.2. The van der Waals surface area contributed by atoms with Crippen molar-refractivity contribution in [2.75, 3.05) is 11.9 Å². The maximum atomic E-state index is 11.8. The van der Waals surface area contributed by atoms with Gasteiger partial charge in [0.1, 0.15) is 0 Å². The molecule has 2 amide bonds. The van der Waals surface area contributed by atoms with Crippen molar-refractivity contribution in [1.29, 1.82) is 5.26 Å². The molecule has 5 nitrogen and oxygen atoms in total. The average molecular weight is 321 g/mol. The standard InChI is InChI=1S/C19H19N3O2/c20-14-16-6-8-17(9-7-16)22-19(24)11-10-18(23)21-13-12-15-4-2-1-3-5-15/h1-9H,10-13H2,(H,21,23)(H,22,24). The van der Waals surface area contributed by atoms with Gasteiger partial charge in [0.2, 0.25) is 11.8 Å². The zero-order chi connectivity index (χ0) is 17.2. The fourth-order valence-corrected chi connectivity index (χ4v) is 2.16. The summed E-state index contributed by atoms with van der Waals surface area (Å²) < 4.78 is 0. The molecule has 2 aromatic rings. The summed E-state index contributed by atoms with van der Waals surface area (Å²) in [7, 11) is 0. The number of anilines is 1. The van der Waals surface area contributed by atoms with E-state index in [1.807, 2.05) is 36.4 Å². The predicted octanol–water partition coefficient (Wildman–Crippen LogP) is 2.64. The van der Waals surface area contributed by atoms with E-state index in [0.29, 0.717) is 17.8 Å². The summed E-state index contributed by atoms with van der Waals surface area (Å²) in [5.74, 6) is -0.362. The normalized spacial score (nSPS) is 9.79. The summed E-state index contributed by atoms with van der Waals surface area (Å²) >= 11 is 0. The van der Waals surface area contributed by atoms with Gasteiger partial charge in [0.05, 0.1) is 11.6 Å². The van der Waals surface area contributed by atoms with E-state index in [0.717, 1.165) is 12.0 Å². The van der Waals surface area contributed by atoms with Gasteiger partial charge < -0.3 is 10.6 Å². The Bertz CT molecular complexity index is 719. The SMILES string of the molecule is N#Cc1ccc(NC(=O)CCC(=O)NCCc2ccccc2)cc1.